The minimum Gasteiger partial charge on any atom is -0.497 e. The van der Waals surface area contributed by atoms with Gasteiger partial charge in [-0.2, -0.15) is 0 Å². The lowest BCUT2D eigenvalue weighted by Crippen LogP contribution is -2.06. The lowest BCUT2D eigenvalue weighted by molar-refractivity contribution is 0.414. The van der Waals surface area contributed by atoms with Crippen LogP contribution in [0, 0.1) is 0 Å². The number of methoxy groups -OCH3 is 2. The number of rotatable bonds is 5. The van der Waals surface area contributed by atoms with Crippen molar-refractivity contribution in [3.8, 4) is 11.5 Å². The third kappa shape index (κ3) is 3.41. The van der Waals surface area contributed by atoms with Crippen molar-refractivity contribution in [1.29, 1.82) is 0 Å². The molecule has 0 fully saturated rings. The molecule has 0 aromatic heterocycles. The van der Waals surface area contributed by atoms with Crippen molar-refractivity contribution in [1.82, 2.24) is 0 Å². The van der Waals surface area contributed by atoms with Gasteiger partial charge in [-0.3, -0.25) is 0 Å². The molecule has 0 heterocycles. The van der Waals surface area contributed by atoms with E-state index in [0.717, 1.165) is 17.2 Å². The summed E-state index contributed by atoms with van der Waals surface area (Å²) >= 11 is 0. The summed E-state index contributed by atoms with van der Waals surface area (Å²) in [4.78, 5) is 0. The first kappa shape index (κ1) is 13.3. The second-order valence-electron chi connectivity index (χ2n) is 4.37. The lowest BCUT2D eigenvalue weighted by atomic mass is 10.1. The molecular formula is C16H19NO2. The molecular weight excluding hydrogens is 238 g/mol. The first-order chi connectivity index (χ1) is 9.22. The molecule has 1 atom stereocenters. The highest BCUT2D eigenvalue weighted by Gasteiger charge is 2.05. The van der Waals surface area contributed by atoms with Crippen LogP contribution in [0.2, 0.25) is 0 Å². The Kier molecular flexibility index (Phi) is 4.29. The van der Waals surface area contributed by atoms with E-state index < -0.39 is 0 Å². The van der Waals surface area contributed by atoms with Gasteiger partial charge in [0.2, 0.25) is 0 Å². The molecule has 3 heteroatoms. The van der Waals surface area contributed by atoms with E-state index in [9.17, 15) is 0 Å². The molecule has 0 bridgehead atoms. The van der Waals surface area contributed by atoms with E-state index in [4.69, 9.17) is 9.47 Å². The zero-order valence-electron chi connectivity index (χ0n) is 11.5. The first-order valence-corrected chi connectivity index (χ1v) is 6.27. The smallest absolute Gasteiger partial charge is 0.119 e. The quantitative estimate of drug-likeness (QED) is 0.881. The normalized spacial score (nSPS) is 11.7. The average molecular weight is 257 g/mol. The molecule has 2 aromatic rings. The largest absolute Gasteiger partial charge is 0.497 e. The number of anilines is 1. The Balaban J connectivity index is 2.04. The lowest BCUT2D eigenvalue weighted by Gasteiger charge is -2.16. The van der Waals surface area contributed by atoms with Crippen LogP contribution in [-0.2, 0) is 0 Å². The van der Waals surface area contributed by atoms with Gasteiger partial charge in [0.1, 0.15) is 11.5 Å². The molecule has 3 nitrogen and oxygen atoms in total. The van der Waals surface area contributed by atoms with Crippen LogP contribution in [0.3, 0.4) is 0 Å². The fourth-order valence-corrected chi connectivity index (χ4v) is 1.91. The number of ether oxygens (including phenoxy) is 2. The first-order valence-electron chi connectivity index (χ1n) is 6.27. The second-order valence-corrected chi connectivity index (χ2v) is 4.37. The second kappa shape index (κ2) is 6.14. The summed E-state index contributed by atoms with van der Waals surface area (Å²) < 4.78 is 10.3. The number of hydrogen-bond donors (Lipinski definition) is 1. The SMILES string of the molecule is COc1ccc(N[C@H](C)c2ccc(OC)cc2)cc1. The van der Waals surface area contributed by atoms with Crippen molar-refractivity contribution in [2.45, 2.75) is 13.0 Å². The monoisotopic (exact) mass is 257 g/mol. The van der Waals surface area contributed by atoms with Crippen molar-refractivity contribution < 1.29 is 9.47 Å². The van der Waals surface area contributed by atoms with Gasteiger partial charge in [-0.25, -0.2) is 0 Å². The zero-order valence-corrected chi connectivity index (χ0v) is 11.5. The number of nitrogens with one attached hydrogen (secondary N) is 1. The summed E-state index contributed by atoms with van der Waals surface area (Å²) in [5.41, 5.74) is 2.29. The van der Waals surface area contributed by atoms with Crippen LogP contribution >= 0.6 is 0 Å². The van der Waals surface area contributed by atoms with Crippen molar-refractivity contribution in [3.63, 3.8) is 0 Å². The van der Waals surface area contributed by atoms with Crippen molar-refractivity contribution in [3.05, 3.63) is 54.1 Å². The molecule has 2 rings (SSSR count). The van der Waals surface area contributed by atoms with Gasteiger partial charge in [0.25, 0.3) is 0 Å². The Hall–Kier alpha value is -2.16. The van der Waals surface area contributed by atoms with E-state index in [0.29, 0.717) is 0 Å². The van der Waals surface area contributed by atoms with E-state index >= 15 is 0 Å². The van der Waals surface area contributed by atoms with Crippen LogP contribution in [0.25, 0.3) is 0 Å². The van der Waals surface area contributed by atoms with Crippen LogP contribution in [0.1, 0.15) is 18.5 Å². The van der Waals surface area contributed by atoms with Crippen molar-refractivity contribution in [2.75, 3.05) is 19.5 Å². The minimum atomic E-state index is 0.235. The molecule has 0 saturated heterocycles. The van der Waals surface area contributed by atoms with Crippen LogP contribution < -0.4 is 14.8 Å². The fraction of sp³-hybridized carbons (Fsp3) is 0.250. The number of hydrogen-bond acceptors (Lipinski definition) is 3. The molecule has 0 unspecified atom stereocenters. The highest BCUT2D eigenvalue weighted by molar-refractivity contribution is 5.48. The third-order valence-corrected chi connectivity index (χ3v) is 3.09. The maximum Gasteiger partial charge on any atom is 0.119 e. The van der Waals surface area contributed by atoms with E-state index in [1.54, 1.807) is 14.2 Å². The summed E-state index contributed by atoms with van der Waals surface area (Å²) in [6.07, 6.45) is 0. The fourth-order valence-electron chi connectivity index (χ4n) is 1.91. The predicted octanol–water partition coefficient (Wildman–Crippen LogP) is 3.88. The standard InChI is InChI=1S/C16H19NO2/c1-12(13-4-8-15(18-2)9-5-13)17-14-6-10-16(19-3)11-7-14/h4-12,17H,1-3H3/t12-/m1/s1. The molecule has 0 aliphatic rings. The molecule has 0 aliphatic heterocycles. The Morgan fingerprint density at radius 1 is 0.789 bits per heavy atom. The Bertz CT molecular complexity index is 505. The summed E-state index contributed by atoms with van der Waals surface area (Å²) in [6.45, 7) is 2.13. The molecule has 19 heavy (non-hydrogen) atoms. The van der Waals surface area contributed by atoms with Crippen molar-refractivity contribution >= 4 is 5.69 Å². The van der Waals surface area contributed by atoms with Gasteiger partial charge >= 0.3 is 0 Å². The summed E-state index contributed by atoms with van der Waals surface area (Å²) in [5, 5.41) is 3.45. The van der Waals surface area contributed by atoms with Gasteiger partial charge in [-0.15, -0.1) is 0 Å². The average Bonchev–Trinajstić information content (AvgIpc) is 2.48. The summed E-state index contributed by atoms with van der Waals surface area (Å²) in [5.74, 6) is 1.74. The van der Waals surface area contributed by atoms with Gasteiger partial charge < -0.3 is 14.8 Å². The van der Waals surface area contributed by atoms with Gasteiger partial charge in [0.05, 0.1) is 14.2 Å². The molecule has 0 aliphatic carbocycles. The maximum absolute atomic E-state index is 5.16. The van der Waals surface area contributed by atoms with Crippen LogP contribution in [0.5, 0.6) is 11.5 Å². The summed E-state index contributed by atoms with van der Waals surface area (Å²) in [6, 6.07) is 16.2. The third-order valence-electron chi connectivity index (χ3n) is 3.09. The number of benzene rings is 2. The molecule has 0 amide bonds. The molecule has 100 valence electrons. The molecule has 0 spiro atoms. The predicted molar refractivity (Wildman–Crippen MR) is 78.0 cm³/mol. The van der Waals surface area contributed by atoms with E-state index in [1.807, 2.05) is 36.4 Å². The van der Waals surface area contributed by atoms with Crippen LogP contribution in [0.15, 0.2) is 48.5 Å². The highest BCUT2D eigenvalue weighted by atomic mass is 16.5. The van der Waals surface area contributed by atoms with Crippen LogP contribution in [0.4, 0.5) is 5.69 Å². The summed E-state index contributed by atoms with van der Waals surface area (Å²) in [7, 11) is 3.34. The van der Waals surface area contributed by atoms with E-state index in [-0.39, 0.29) is 6.04 Å². The Morgan fingerprint density at radius 3 is 1.74 bits per heavy atom. The van der Waals surface area contributed by atoms with Gasteiger partial charge in [0, 0.05) is 11.7 Å². The van der Waals surface area contributed by atoms with E-state index in [1.165, 1.54) is 5.56 Å². The van der Waals surface area contributed by atoms with Crippen molar-refractivity contribution in [2.24, 2.45) is 0 Å². The van der Waals surface area contributed by atoms with Crippen LogP contribution in [-0.4, -0.2) is 14.2 Å². The molecule has 0 radical (unpaired) electrons. The maximum atomic E-state index is 5.16. The van der Waals surface area contributed by atoms with Gasteiger partial charge in [-0.1, -0.05) is 12.1 Å². The zero-order chi connectivity index (χ0) is 13.7. The minimum absolute atomic E-state index is 0.235. The Labute approximate surface area is 114 Å². The highest BCUT2D eigenvalue weighted by Crippen LogP contribution is 2.23. The Morgan fingerprint density at radius 2 is 1.26 bits per heavy atom. The van der Waals surface area contributed by atoms with E-state index in [2.05, 4.69) is 24.4 Å². The molecule has 0 saturated carbocycles. The van der Waals surface area contributed by atoms with Gasteiger partial charge in [-0.05, 0) is 48.9 Å². The van der Waals surface area contributed by atoms with Gasteiger partial charge in [0.15, 0.2) is 0 Å². The molecule has 2 aromatic carbocycles. The molecule has 1 N–H and O–H groups in total. The topological polar surface area (TPSA) is 30.5 Å².